The predicted octanol–water partition coefficient (Wildman–Crippen LogP) is 1.90. The van der Waals surface area contributed by atoms with Gasteiger partial charge in [0.1, 0.15) is 0 Å². The minimum atomic E-state index is 0.0109. The van der Waals surface area contributed by atoms with Crippen molar-refractivity contribution < 1.29 is 9.21 Å². The predicted molar refractivity (Wildman–Crippen MR) is 78.6 cm³/mol. The number of carbonyl (C=O) groups is 1. The summed E-state index contributed by atoms with van der Waals surface area (Å²) in [5.41, 5.74) is 0. The zero-order chi connectivity index (χ0) is 14.2. The smallest absolute Gasteiger partial charge is 0.282 e. The summed E-state index contributed by atoms with van der Waals surface area (Å²) in [6.45, 7) is 0. The van der Waals surface area contributed by atoms with Gasteiger partial charge in [-0.15, -0.1) is 21.5 Å². The molecule has 0 radical (unpaired) electrons. The molecule has 2 aliphatic rings. The molecule has 0 aliphatic carbocycles. The van der Waals surface area contributed by atoms with E-state index in [1.54, 1.807) is 0 Å². The second kappa shape index (κ2) is 5.43. The lowest BCUT2D eigenvalue weighted by atomic mass is 9.95. The van der Waals surface area contributed by atoms with Gasteiger partial charge in [0.15, 0.2) is 0 Å². The molecule has 2 fully saturated rings. The average molecular weight is 322 g/mol. The van der Waals surface area contributed by atoms with Crippen LogP contribution in [0, 0.1) is 0 Å². The number of aromatic nitrogens is 2. The molecule has 0 spiro atoms. The Morgan fingerprint density at radius 1 is 1.48 bits per heavy atom. The lowest BCUT2D eigenvalue weighted by molar-refractivity contribution is 0.0935. The van der Waals surface area contributed by atoms with E-state index in [1.807, 2.05) is 12.1 Å². The van der Waals surface area contributed by atoms with E-state index in [0.29, 0.717) is 17.3 Å². The highest BCUT2D eigenvalue weighted by Gasteiger charge is 2.39. The number of fused-ring (bicyclic) bond motifs is 2. The Balaban J connectivity index is 1.39. The van der Waals surface area contributed by atoms with E-state index in [4.69, 9.17) is 4.42 Å². The van der Waals surface area contributed by atoms with Crippen molar-refractivity contribution in [3.8, 4) is 0 Å². The molecule has 0 saturated carbocycles. The molecule has 0 aromatic carbocycles. The van der Waals surface area contributed by atoms with E-state index >= 15 is 0 Å². The first kappa shape index (κ1) is 13.3. The van der Waals surface area contributed by atoms with Gasteiger partial charge >= 0.3 is 0 Å². The van der Waals surface area contributed by atoms with Crippen LogP contribution in [0.4, 0.5) is 0 Å². The largest absolute Gasteiger partial charge is 0.419 e. The maximum Gasteiger partial charge on any atom is 0.282 e. The van der Waals surface area contributed by atoms with Crippen LogP contribution in [0.1, 0.15) is 28.9 Å². The minimum Gasteiger partial charge on any atom is -0.419 e. The highest BCUT2D eigenvalue weighted by atomic mass is 32.2. The Morgan fingerprint density at radius 2 is 2.43 bits per heavy atom. The standard InChI is InChI=1S/C13H14N4O2S2/c18-12(16-9-5-7-1-2-8(9)15-7)10-3-4-11(20-10)21-13-17-14-6-19-13/h3-4,6-9,15H,1-2,5H2,(H,16,18)/t7-,8+,9-/m1/s1. The lowest BCUT2D eigenvalue weighted by Crippen LogP contribution is -2.42. The zero-order valence-corrected chi connectivity index (χ0v) is 12.7. The van der Waals surface area contributed by atoms with E-state index < -0.39 is 0 Å². The van der Waals surface area contributed by atoms with Crippen LogP contribution in [0.2, 0.25) is 0 Å². The first-order valence-electron chi connectivity index (χ1n) is 6.89. The number of nitrogens with zero attached hydrogens (tertiary/aromatic N) is 2. The van der Waals surface area contributed by atoms with Crippen molar-refractivity contribution in [1.29, 1.82) is 0 Å². The fourth-order valence-electron chi connectivity index (χ4n) is 3.01. The van der Waals surface area contributed by atoms with Crippen molar-refractivity contribution in [2.75, 3.05) is 0 Å². The Morgan fingerprint density at radius 3 is 3.14 bits per heavy atom. The van der Waals surface area contributed by atoms with Gasteiger partial charge in [-0.2, -0.15) is 0 Å². The molecule has 2 N–H and O–H groups in total. The van der Waals surface area contributed by atoms with E-state index in [2.05, 4.69) is 20.8 Å². The molecule has 2 aliphatic heterocycles. The molecule has 4 heterocycles. The molecule has 2 bridgehead atoms. The molecule has 8 heteroatoms. The number of hydrogen-bond acceptors (Lipinski definition) is 7. The summed E-state index contributed by atoms with van der Waals surface area (Å²) >= 11 is 2.82. The van der Waals surface area contributed by atoms with Crippen molar-refractivity contribution in [3.63, 3.8) is 0 Å². The Bertz CT molecular complexity index is 642. The minimum absolute atomic E-state index is 0.0109. The molecule has 21 heavy (non-hydrogen) atoms. The van der Waals surface area contributed by atoms with Crippen LogP contribution in [0.3, 0.4) is 0 Å². The van der Waals surface area contributed by atoms with Crippen molar-refractivity contribution >= 4 is 29.0 Å². The van der Waals surface area contributed by atoms with Crippen LogP contribution in [-0.2, 0) is 0 Å². The average Bonchev–Trinajstić information content (AvgIpc) is 3.24. The van der Waals surface area contributed by atoms with Crippen LogP contribution in [0.5, 0.6) is 0 Å². The molecule has 0 unspecified atom stereocenters. The zero-order valence-electron chi connectivity index (χ0n) is 11.1. The van der Waals surface area contributed by atoms with Crippen LogP contribution in [-0.4, -0.2) is 34.2 Å². The Kier molecular flexibility index (Phi) is 3.44. The second-order valence-corrected chi connectivity index (χ2v) is 7.62. The van der Waals surface area contributed by atoms with Gasteiger partial charge < -0.3 is 15.1 Å². The SMILES string of the molecule is O=C(N[C@@H]1C[C@H]2CC[C@@H]1N2)c1ccc(Sc2nnco2)s1. The fraction of sp³-hybridized carbons (Fsp3) is 0.462. The maximum atomic E-state index is 12.3. The molecular weight excluding hydrogens is 308 g/mol. The molecule has 110 valence electrons. The highest BCUT2D eigenvalue weighted by molar-refractivity contribution is 8.01. The summed E-state index contributed by atoms with van der Waals surface area (Å²) in [4.78, 5) is 13.0. The van der Waals surface area contributed by atoms with Gasteiger partial charge in [0, 0.05) is 18.1 Å². The summed E-state index contributed by atoms with van der Waals surface area (Å²) in [6.07, 6.45) is 4.75. The molecule has 2 aromatic heterocycles. The molecule has 6 nitrogen and oxygen atoms in total. The summed E-state index contributed by atoms with van der Waals surface area (Å²) in [5, 5.41) is 14.6. The number of thiophene rings is 1. The lowest BCUT2D eigenvalue weighted by Gasteiger charge is -2.20. The summed E-state index contributed by atoms with van der Waals surface area (Å²) in [6, 6.07) is 5.07. The molecule has 2 aromatic rings. The van der Waals surface area contributed by atoms with Gasteiger partial charge in [-0.3, -0.25) is 4.79 Å². The quantitative estimate of drug-likeness (QED) is 0.895. The third-order valence-corrected chi connectivity index (χ3v) is 6.02. The maximum absolute atomic E-state index is 12.3. The van der Waals surface area contributed by atoms with Crippen molar-refractivity contribution in [2.24, 2.45) is 0 Å². The van der Waals surface area contributed by atoms with Crippen LogP contribution < -0.4 is 10.6 Å². The molecule has 4 rings (SSSR count). The van der Waals surface area contributed by atoms with Gasteiger partial charge in [0.25, 0.3) is 11.1 Å². The van der Waals surface area contributed by atoms with Gasteiger partial charge in [0.05, 0.1) is 9.09 Å². The van der Waals surface area contributed by atoms with E-state index in [-0.39, 0.29) is 11.9 Å². The third kappa shape index (κ3) is 2.70. The highest BCUT2D eigenvalue weighted by Crippen LogP contribution is 2.33. The Hall–Kier alpha value is -1.38. The van der Waals surface area contributed by atoms with Crippen LogP contribution in [0.15, 0.2) is 32.4 Å². The number of carbonyl (C=O) groups excluding carboxylic acids is 1. The first-order valence-corrected chi connectivity index (χ1v) is 8.52. The van der Waals surface area contributed by atoms with Gasteiger partial charge in [-0.1, -0.05) is 0 Å². The Labute approximate surface area is 129 Å². The number of hydrogen-bond donors (Lipinski definition) is 2. The molecule has 2 saturated heterocycles. The van der Waals surface area contributed by atoms with E-state index in [0.717, 1.165) is 21.9 Å². The second-order valence-electron chi connectivity index (χ2n) is 5.29. The van der Waals surface area contributed by atoms with Crippen molar-refractivity contribution in [2.45, 2.75) is 46.8 Å². The summed E-state index contributed by atoms with van der Waals surface area (Å²) < 4.78 is 6.05. The van der Waals surface area contributed by atoms with Crippen molar-refractivity contribution in [3.05, 3.63) is 23.4 Å². The van der Waals surface area contributed by atoms with Crippen LogP contribution >= 0.6 is 23.1 Å². The van der Waals surface area contributed by atoms with Gasteiger partial charge in [0.2, 0.25) is 6.39 Å². The first-order chi connectivity index (χ1) is 10.3. The molecule has 3 atom stereocenters. The topological polar surface area (TPSA) is 80.0 Å². The molecular formula is C13H14N4O2S2. The number of nitrogens with one attached hydrogen (secondary N) is 2. The van der Waals surface area contributed by atoms with Gasteiger partial charge in [-0.25, -0.2) is 0 Å². The summed E-state index contributed by atoms with van der Waals surface area (Å²) in [7, 11) is 0. The van der Waals surface area contributed by atoms with Crippen LogP contribution in [0.25, 0.3) is 0 Å². The monoisotopic (exact) mass is 322 g/mol. The molecule has 1 amide bonds. The van der Waals surface area contributed by atoms with Crippen molar-refractivity contribution in [1.82, 2.24) is 20.8 Å². The number of amides is 1. The van der Waals surface area contributed by atoms with Gasteiger partial charge in [-0.05, 0) is 43.2 Å². The normalized spacial score (nSPS) is 27.1. The van der Waals surface area contributed by atoms with E-state index in [9.17, 15) is 4.79 Å². The third-order valence-electron chi connectivity index (χ3n) is 3.95. The number of rotatable bonds is 4. The van der Waals surface area contributed by atoms with E-state index in [1.165, 1.54) is 35.9 Å². The summed E-state index contributed by atoms with van der Waals surface area (Å²) in [5.74, 6) is 0.0109. The fourth-order valence-corrected chi connectivity index (χ4v) is 4.79.